The maximum atomic E-state index is 12.9. The molecule has 0 bridgehead atoms. The van der Waals surface area contributed by atoms with Crippen LogP contribution in [0, 0.1) is 0 Å². The predicted molar refractivity (Wildman–Crippen MR) is 127 cm³/mol. The van der Waals surface area contributed by atoms with Crippen molar-refractivity contribution in [1.82, 2.24) is 5.32 Å². The molecule has 0 saturated carbocycles. The molecule has 0 spiro atoms. The zero-order chi connectivity index (χ0) is 23.3. The molecule has 0 heterocycles. The van der Waals surface area contributed by atoms with Crippen LogP contribution in [0.1, 0.15) is 15.9 Å². The summed E-state index contributed by atoms with van der Waals surface area (Å²) in [5, 5.41) is 10.5. The van der Waals surface area contributed by atoms with E-state index in [-0.39, 0.29) is 21.2 Å². The van der Waals surface area contributed by atoms with Gasteiger partial charge in [-0.05, 0) is 60.2 Å². The first kappa shape index (κ1) is 23.7. The average molecular weight is 535 g/mol. The number of nitrogens with one attached hydrogen (secondary N) is 2. The lowest BCUT2D eigenvalue weighted by atomic mass is 10.1. The third-order valence-corrected chi connectivity index (χ3v) is 6.02. The first-order valence-electron chi connectivity index (χ1n) is 9.11. The molecule has 0 unspecified atom stereocenters. The van der Waals surface area contributed by atoms with Gasteiger partial charge in [-0.2, -0.15) is 0 Å². The van der Waals surface area contributed by atoms with Crippen LogP contribution in [0.25, 0.3) is 6.08 Å². The quantitative estimate of drug-likeness (QED) is 0.412. The highest BCUT2D eigenvalue weighted by atomic mass is 79.9. The summed E-state index contributed by atoms with van der Waals surface area (Å²) < 4.78 is 23.7. The smallest absolute Gasteiger partial charge is 0.272 e. The van der Waals surface area contributed by atoms with Crippen LogP contribution in [0.3, 0.4) is 0 Å². The summed E-state index contributed by atoms with van der Waals surface area (Å²) in [7, 11) is -3.86. The van der Waals surface area contributed by atoms with E-state index in [1.165, 1.54) is 30.3 Å². The molecule has 4 N–H and O–H groups in total. The Hall–Kier alpha value is -2.98. The van der Waals surface area contributed by atoms with E-state index in [9.17, 15) is 18.0 Å². The summed E-state index contributed by atoms with van der Waals surface area (Å²) in [6.45, 7) is 0. The standard InChI is InChI=1S/C22H17BrClN3O4S/c23-15-7-5-14(6-8-15)13-20(27-21(28)18-3-1-2-4-19(18)24)22(29)26-16-9-11-17(12-10-16)32(25,30)31/h1-13H,(H,26,29)(H,27,28)(H2,25,30,31)/b20-13+. The molecule has 0 aliphatic rings. The number of anilines is 1. The van der Waals surface area contributed by atoms with E-state index in [1.54, 1.807) is 48.5 Å². The van der Waals surface area contributed by atoms with Gasteiger partial charge in [0.2, 0.25) is 10.0 Å². The number of carbonyl (C=O) groups excluding carboxylic acids is 2. The molecule has 0 fully saturated rings. The summed E-state index contributed by atoms with van der Waals surface area (Å²) in [5.41, 5.74) is 1.16. The van der Waals surface area contributed by atoms with Gasteiger partial charge in [-0.3, -0.25) is 9.59 Å². The van der Waals surface area contributed by atoms with Gasteiger partial charge in [0.15, 0.2) is 0 Å². The van der Waals surface area contributed by atoms with Crippen LogP contribution >= 0.6 is 27.5 Å². The van der Waals surface area contributed by atoms with E-state index >= 15 is 0 Å². The fourth-order valence-corrected chi connectivity index (χ4v) is 3.65. The summed E-state index contributed by atoms with van der Waals surface area (Å²) in [6, 6.07) is 18.9. The Labute approximate surface area is 198 Å². The number of nitrogens with two attached hydrogens (primary N) is 1. The molecule has 0 aliphatic carbocycles. The molecular weight excluding hydrogens is 518 g/mol. The van der Waals surface area contributed by atoms with Gasteiger partial charge < -0.3 is 10.6 Å². The van der Waals surface area contributed by atoms with Crippen LogP contribution in [0.2, 0.25) is 5.02 Å². The lowest BCUT2D eigenvalue weighted by molar-refractivity contribution is -0.113. The topological polar surface area (TPSA) is 118 Å². The van der Waals surface area contributed by atoms with Crippen molar-refractivity contribution in [2.75, 3.05) is 5.32 Å². The molecule has 2 amide bonds. The third kappa shape index (κ3) is 6.27. The zero-order valence-electron chi connectivity index (χ0n) is 16.4. The minimum atomic E-state index is -3.86. The van der Waals surface area contributed by atoms with Crippen LogP contribution < -0.4 is 15.8 Å². The van der Waals surface area contributed by atoms with Crippen LogP contribution in [-0.2, 0) is 14.8 Å². The summed E-state index contributed by atoms with van der Waals surface area (Å²) >= 11 is 9.44. The van der Waals surface area contributed by atoms with Gasteiger partial charge in [-0.1, -0.05) is 51.8 Å². The molecule has 10 heteroatoms. The highest BCUT2D eigenvalue weighted by Gasteiger charge is 2.17. The summed E-state index contributed by atoms with van der Waals surface area (Å²) in [5.74, 6) is -1.17. The van der Waals surface area contributed by atoms with Gasteiger partial charge in [-0.25, -0.2) is 13.6 Å². The minimum Gasteiger partial charge on any atom is -0.321 e. The Kier molecular flexibility index (Phi) is 7.47. The first-order valence-corrected chi connectivity index (χ1v) is 11.8. The Morgan fingerprint density at radius 1 is 0.938 bits per heavy atom. The van der Waals surface area contributed by atoms with Gasteiger partial charge in [-0.15, -0.1) is 0 Å². The van der Waals surface area contributed by atoms with Crippen molar-refractivity contribution in [3.05, 3.63) is 99.1 Å². The van der Waals surface area contributed by atoms with E-state index in [2.05, 4.69) is 26.6 Å². The molecule has 3 rings (SSSR count). The number of amides is 2. The molecule has 0 radical (unpaired) electrons. The number of rotatable bonds is 6. The summed E-state index contributed by atoms with van der Waals surface area (Å²) in [6.07, 6.45) is 1.51. The normalized spacial score (nSPS) is 11.7. The van der Waals surface area contributed by atoms with E-state index in [0.717, 1.165) is 4.47 Å². The van der Waals surface area contributed by atoms with Gasteiger partial charge in [0.1, 0.15) is 5.70 Å². The number of benzene rings is 3. The van der Waals surface area contributed by atoms with Gasteiger partial charge >= 0.3 is 0 Å². The van der Waals surface area contributed by atoms with Gasteiger partial charge in [0.05, 0.1) is 15.5 Å². The minimum absolute atomic E-state index is 0.0345. The first-order chi connectivity index (χ1) is 15.1. The predicted octanol–water partition coefficient (Wildman–Crippen LogP) is 4.16. The number of primary sulfonamides is 1. The van der Waals surface area contributed by atoms with Gasteiger partial charge in [0, 0.05) is 10.2 Å². The molecule has 0 aromatic heterocycles. The molecule has 0 aliphatic heterocycles. The number of sulfonamides is 1. The number of hydrogen-bond acceptors (Lipinski definition) is 4. The van der Waals surface area contributed by atoms with Crippen LogP contribution in [0.4, 0.5) is 5.69 Å². The highest BCUT2D eigenvalue weighted by Crippen LogP contribution is 2.18. The average Bonchev–Trinajstić information content (AvgIpc) is 2.74. The molecule has 3 aromatic carbocycles. The molecule has 3 aromatic rings. The van der Waals surface area contributed by atoms with Crippen molar-refractivity contribution in [2.45, 2.75) is 4.90 Å². The Bertz CT molecular complexity index is 1290. The Balaban J connectivity index is 1.89. The SMILES string of the molecule is NS(=O)(=O)c1ccc(NC(=O)/C(=C\c2ccc(Br)cc2)NC(=O)c2ccccc2Cl)cc1. The molecule has 0 saturated heterocycles. The Morgan fingerprint density at radius 2 is 1.56 bits per heavy atom. The third-order valence-electron chi connectivity index (χ3n) is 4.23. The van der Waals surface area contributed by atoms with Crippen LogP contribution in [0.5, 0.6) is 0 Å². The molecule has 7 nitrogen and oxygen atoms in total. The van der Waals surface area contributed by atoms with Crippen molar-refractivity contribution in [2.24, 2.45) is 5.14 Å². The lowest BCUT2D eigenvalue weighted by Crippen LogP contribution is -2.31. The zero-order valence-corrected chi connectivity index (χ0v) is 19.5. The van der Waals surface area contributed by atoms with Crippen molar-refractivity contribution >= 4 is 61.1 Å². The largest absolute Gasteiger partial charge is 0.321 e. The second-order valence-electron chi connectivity index (χ2n) is 6.57. The van der Waals surface area contributed by atoms with E-state index in [4.69, 9.17) is 16.7 Å². The maximum Gasteiger partial charge on any atom is 0.272 e. The number of halogens is 2. The second-order valence-corrected chi connectivity index (χ2v) is 9.45. The lowest BCUT2D eigenvalue weighted by Gasteiger charge is -2.12. The van der Waals surface area contributed by atoms with Crippen LogP contribution in [-0.4, -0.2) is 20.2 Å². The fraction of sp³-hybridized carbons (Fsp3) is 0. The van der Waals surface area contributed by atoms with Crippen molar-refractivity contribution in [3.63, 3.8) is 0 Å². The summed E-state index contributed by atoms with van der Waals surface area (Å²) in [4.78, 5) is 25.6. The van der Waals surface area contributed by atoms with Gasteiger partial charge in [0.25, 0.3) is 11.8 Å². The second kappa shape index (κ2) is 10.1. The number of hydrogen-bond donors (Lipinski definition) is 3. The van der Waals surface area contributed by atoms with Crippen molar-refractivity contribution < 1.29 is 18.0 Å². The van der Waals surface area contributed by atoms with Crippen molar-refractivity contribution in [1.29, 1.82) is 0 Å². The van der Waals surface area contributed by atoms with Crippen molar-refractivity contribution in [3.8, 4) is 0 Å². The monoisotopic (exact) mass is 533 g/mol. The Morgan fingerprint density at radius 3 is 2.16 bits per heavy atom. The number of carbonyl (C=O) groups is 2. The van der Waals surface area contributed by atoms with E-state index in [0.29, 0.717) is 11.3 Å². The van der Waals surface area contributed by atoms with Crippen LogP contribution in [0.15, 0.2) is 87.9 Å². The van der Waals surface area contributed by atoms with E-state index in [1.807, 2.05) is 0 Å². The van der Waals surface area contributed by atoms with E-state index < -0.39 is 21.8 Å². The maximum absolute atomic E-state index is 12.9. The molecule has 0 atom stereocenters. The molecular formula is C22H17BrClN3O4S. The fourth-order valence-electron chi connectivity index (χ4n) is 2.65. The highest BCUT2D eigenvalue weighted by molar-refractivity contribution is 9.10. The molecule has 32 heavy (non-hydrogen) atoms. The molecule has 164 valence electrons.